The Morgan fingerprint density at radius 1 is 0.849 bits per heavy atom. The van der Waals surface area contributed by atoms with E-state index >= 15 is 0 Å². The Kier molecular flexibility index (Phi) is 10.7. The molecule has 2 heterocycles. The van der Waals surface area contributed by atoms with Crippen LogP contribution in [0.3, 0.4) is 0 Å². The van der Waals surface area contributed by atoms with Crippen LogP contribution in [0.5, 0.6) is 0 Å². The third kappa shape index (κ3) is 7.31. The topological polar surface area (TPSA) is 66.8 Å². The second-order valence-electron chi connectivity index (χ2n) is 13.9. The number of nitrogens with one attached hydrogen (secondary N) is 2. The quantitative estimate of drug-likeness (QED) is 0.0729. The molecule has 0 amide bonds. The number of hydrogen-bond acceptors (Lipinski definition) is 3. The highest BCUT2D eigenvalue weighted by Gasteiger charge is 2.35. The van der Waals surface area contributed by atoms with Crippen LogP contribution in [0.4, 0.5) is 11.4 Å². The molecule has 4 heteroatoms. The molecule has 1 aliphatic heterocycles. The molecular formula is C49H48N4. The number of aryl methyl sites for hydroxylation is 1. The monoisotopic (exact) mass is 692 g/mol. The first-order chi connectivity index (χ1) is 26.0. The van der Waals surface area contributed by atoms with E-state index in [9.17, 15) is 0 Å². The van der Waals surface area contributed by atoms with Crippen LogP contribution in [-0.2, 0) is 13.5 Å². The number of hydrogen-bond donors (Lipinski definition) is 3. The van der Waals surface area contributed by atoms with Gasteiger partial charge in [-0.1, -0.05) is 164 Å². The fraction of sp³-hybridized carbons (Fsp3) is 0.163. The molecular weight excluding hydrogens is 645 g/mol. The van der Waals surface area contributed by atoms with Gasteiger partial charge in [0.05, 0.1) is 11.8 Å². The molecule has 1 aromatic heterocycles. The molecule has 0 fully saturated rings. The average Bonchev–Trinajstić information content (AvgIpc) is 3.73. The van der Waals surface area contributed by atoms with Crippen molar-refractivity contribution in [2.24, 2.45) is 13.0 Å². The molecule has 0 saturated heterocycles. The summed E-state index contributed by atoms with van der Waals surface area (Å²) in [5.74, 6) is 1.18. The molecule has 3 unspecified atom stereocenters. The SMILES string of the molecule is C=C/C=C\C=C/C.Cn1c2c(c3ccccc31)C=CC(C1=CC3Nc4ccccc4C3CC1)C2.N=C(c1ccccc1)c1ccc2ccccc2c1N. The smallest absolute Gasteiger partial charge is 0.0705 e. The van der Waals surface area contributed by atoms with E-state index in [1.807, 2.05) is 98.0 Å². The van der Waals surface area contributed by atoms with Crippen molar-refractivity contribution in [3.8, 4) is 0 Å². The van der Waals surface area contributed by atoms with Crippen LogP contribution in [0.2, 0.25) is 0 Å². The van der Waals surface area contributed by atoms with Gasteiger partial charge in [0.25, 0.3) is 0 Å². The number of allylic oxidation sites excluding steroid dienone is 7. The molecule has 0 radical (unpaired) electrons. The minimum atomic E-state index is 0.462. The lowest BCUT2D eigenvalue weighted by Gasteiger charge is -2.29. The maximum absolute atomic E-state index is 8.31. The molecule has 3 atom stereocenters. The van der Waals surface area contributed by atoms with Gasteiger partial charge in [-0.05, 0) is 49.3 Å². The van der Waals surface area contributed by atoms with Crippen LogP contribution in [0.1, 0.15) is 53.6 Å². The van der Waals surface area contributed by atoms with E-state index in [4.69, 9.17) is 11.1 Å². The molecule has 6 aromatic rings. The number of aromatic nitrogens is 1. The second kappa shape index (κ2) is 16.0. The van der Waals surface area contributed by atoms with E-state index in [-0.39, 0.29) is 0 Å². The highest BCUT2D eigenvalue weighted by molar-refractivity contribution is 6.17. The minimum absolute atomic E-state index is 0.462. The molecule has 0 saturated carbocycles. The summed E-state index contributed by atoms with van der Waals surface area (Å²) in [6, 6.07) is 39.7. The largest absolute Gasteiger partial charge is 0.398 e. The van der Waals surface area contributed by atoms with E-state index in [0.717, 1.165) is 28.3 Å². The highest BCUT2D eigenvalue weighted by atomic mass is 15.0. The van der Waals surface area contributed by atoms with Gasteiger partial charge in [0, 0.05) is 68.9 Å². The lowest BCUT2D eigenvalue weighted by molar-refractivity contribution is 0.540. The highest BCUT2D eigenvalue weighted by Crippen LogP contribution is 2.45. The molecule has 9 rings (SSSR count). The third-order valence-corrected chi connectivity index (χ3v) is 10.8. The predicted octanol–water partition coefficient (Wildman–Crippen LogP) is 11.8. The van der Waals surface area contributed by atoms with Crippen molar-refractivity contribution >= 4 is 44.8 Å². The Hall–Kier alpha value is -6.13. The van der Waals surface area contributed by atoms with Crippen molar-refractivity contribution < 1.29 is 0 Å². The number of para-hydroxylation sites is 2. The summed E-state index contributed by atoms with van der Waals surface area (Å²) in [5, 5.41) is 15.5. The van der Waals surface area contributed by atoms with Gasteiger partial charge in [-0.3, -0.25) is 5.41 Å². The first-order valence-corrected chi connectivity index (χ1v) is 18.6. The number of nitrogen functional groups attached to an aromatic ring is 1. The van der Waals surface area contributed by atoms with Crippen molar-refractivity contribution in [3.63, 3.8) is 0 Å². The lowest BCUT2D eigenvalue weighted by Crippen LogP contribution is -2.25. The van der Waals surface area contributed by atoms with Crippen molar-refractivity contribution in [3.05, 3.63) is 198 Å². The predicted molar refractivity (Wildman–Crippen MR) is 228 cm³/mol. The van der Waals surface area contributed by atoms with Gasteiger partial charge >= 0.3 is 0 Å². The standard InChI is InChI=1S/C25H24N2.C17H14N2.C7H10/c1-27-24-9-5-3-7-20(24)21-13-11-17(15-25(21)27)16-10-12-19-18-6-2-4-8-22(18)26-23(19)14-16;18-16(13-7-2-1-3-8-13)15-11-10-12-6-4-5-9-14(12)17(15)19;1-3-5-7-6-4-2/h2-9,11,13-14,17,19,23,26H,10,12,15H2,1H3;1-11,18H,19H2;3-7H,1H2,2H3/b;;6-4-,7-5-. The van der Waals surface area contributed by atoms with Gasteiger partial charge in [0.2, 0.25) is 0 Å². The van der Waals surface area contributed by atoms with Crippen LogP contribution in [0.25, 0.3) is 27.8 Å². The molecule has 2 aliphatic carbocycles. The van der Waals surface area contributed by atoms with E-state index in [2.05, 4.69) is 90.3 Å². The zero-order valence-electron chi connectivity index (χ0n) is 30.7. The second-order valence-corrected chi connectivity index (χ2v) is 13.9. The number of fused-ring (bicyclic) bond motifs is 7. The van der Waals surface area contributed by atoms with Gasteiger partial charge in [-0.15, -0.1) is 0 Å². The van der Waals surface area contributed by atoms with Crippen molar-refractivity contribution in [2.75, 3.05) is 11.1 Å². The van der Waals surface area contributed by atoms with Crippen LogP contribution in [-0.4, -0.2) is 16.3 Å². The fourth-order valence-corrected chi connectivity index (χ4v) is 8.04. The summed E-state index contributed by atoms with van der Waals surface area (Å²) in [5.41, 5.74) is 17.7. The van der Waals surface area contributed by atoms with Gasteiger partial charge < -0.3 is 15.6 Å². The Labute approximate surface area is 313 Å². The molecule has 4 N–H and O–H groups in total. The van der Waals surface area contributed by atoms with Crippen LogP contribution in [0, 0.1) is 11.3 Å². The van der Waals surface area contributed by atoms with Crippen molar-refractivity contribution in [1.82, 2.24) is 4.57 Å². The summed E-state index contributed by atoms with van der Waals surface area (Å²) in [6.45, 7) is 5.49. The summed E-state index contributed by atoms with van der Waals surface area (Å²) in [4.78, 5) is 0. The lowest BCUT2D eigenvalue weighted by atomic mass is 9.77. The van der Waals surface area contributed by atoms with E-state index < -0.39 is 0 Å². The molecule has 53 heavy (non-hydrogen) atoms. The Bertz CT molecular complexity index is 2390. The maximum Gasteiger partial charge on any atom is 0.0705 e. The maximum atomic E-state index is 8.31. The summed E-state index contributed by atoms with van der Waals surface area (Å²) in [7, 11) is 2.22. The van der Waals surface area contributed by atoms with E-state index in [1.54, 1.807) is 11.6 Å². The Morgan fingerprint density at radius 2 is 1.58 bits per heavy atom. The third-order valence-electron chi connectivity index (χ3n) is 10.8. The van der Waals surface area contributed by atoms with E-state index in [0.29, 0.717) is 29.3 Å². The number of nitrogens with two attached hydrogens (primary N) is 1. The van der Waals surface area contributed by atoms with Gasteiger partial charge in [0.15, 0.2) is 0 Å². The number of rotatable bonds is 5. The number of benzene rings is 5. The zero-order chi connectivity index (χ0) is 36.7. The minimum Gasteiger partial charge on any atom is -0.398 e. The Balaban J connectivity index is 0.000000146. The molecule has 4 nitrogen and oxygen atoms in total. The van der Waals surface area contributed by atoms with Crippen LogP contribution < -0.4 is 11.1 Å². The molecule has 264 valence electrons. The van der Waals surface area contributed by atoms with Crippen molar-refractivity contribution in [1.29, 1.82) is 5.41 Å². The first kappa shape index (κ1) is 35.3. The van der Waals surface area contributed by atoms with Gasteiger partial charge in [-0.25, -0.2) is 0 Å². The van der Waals surface area contributed by atoms with Gasteiger partial charge in [-0.2, -0.15) is 0 Å². The zero-order valence-corrected chi connectivity index (χ0v) is 30.7. The number of nitrogens with zero attached hydrogens (tertiary/aromatic N) is 1. The Morgan fingerprint density at radius 3 is 2.40 bits per heavy atom. The molecule has 5 aromatic carbocycles. The summed E-state index contributed by atoms with van der Waals surface area (Å²) in [6.07, 6.45) is 20.5. The van der Waals surface area contributed by atoms with E-state index in [1.165, 1.54) is 46.3 Å². The molecule has 0 bridgehead atoms. The average molecular weight is 693 g/mol. The normalized spacial score (nSPS) is 18.2. The fourth-order valence-electron chi connectivity index (χ4n) is 8.04. The van der Waals surface area contributed by atoms with Gasteiger partial charge in [0.1, 0.15) is 0 Å². The first-order valence-electron chi connectivity index (χ1n) is 18.6. The van der Waals surface area contributed by atoms with Crippen molar-refractivity contribution in [2.45, 2.75) is 38.1 Å². The van der Waals surface area contributed by atoms with Crippen LogP contribution >= 0.6 is 0 Å². The summed E-state index contributed by atoms with van der Waals surface area (Å²) >= 11 is 0. The summed E-state index contributed by atoms with van der Waals surface area (Å²) < 4.78 is 2.40. The number of anilines is 2. The molecule has 0 spiro atoms. The van der Waals surface area contributed by atoms with Crippen LogP contribution in [0.15, 0.2) is 170 Å². The molecule has 3 aliphatic rings.